The lowest BCUT2D eigenvalue weighted by molar-refractivity contribution is -0.123. The predicted molar refractivity (Wildman–Crippen MR) is 108 cm³/mol. The normalized spacial score (nSPS) is 19.6. The SMILES string of the molecule is O=C1CCN(N2Cc3cc(CN4CCN(c5ncncn5)CC4)ccc3C2=O)C(=O)N1. The molecule has 0 bridgehead atoms. The highest BCUT2D eigenvalue weighted by Crippen LogP contribution is 2.27. The second-order valence-corrected chi connectivity index (χ2v) is 7.78. The van der Waals surface area contributed by atoms with Gasteiger partial charge < -0.3 is 4.90 Å². The van der Waals surface area contributed by atoms with Gasteiger partial charge in [-0.3, -0.25) is 19.8 Å². The molecule has 1 N–H and O–H groups in total. The predicted octanol–water partition coefficient (Wildman–Crippen LogP) is 0.00650. The summed E-state index contributed by atoms with van der Waals surface area (Å²) < 4.78 is 0. The first-order chi connectivity index (χ1) is 15.1. The zero-order valence-corrected chi connectivity index (χ0v) is 16.9. The number of carbonyl (C=O) groups is 3. The molecule has 4 amide bonds. The van der Waals surface area contributed by atoms with Crippen LogP contribution in [-0.4, -0.2) is 80.4 Å². The van der Waals surface area contributed by atoms with E-state index in [1.165, 1.54) is 22.7 Å². The van der Waals surface area contributed by atoms with Crippen molar-refractivity contribution in [2.45, 2.75) is 19.5 Å². The molecule has 1 aromatic heterocycles. The van der Waals surface area contributed by atoms with Gasteiger partial charge in [0.05, 0.1) is 13.1 Å². The van der Waals surface area contributed by atoms with Crippen LogP contribution in [-0.2, 0) is 17.9 Å². The van der Waals surface area contributed by atoms with Crippen LogP contribution >= 0.6 is 0 Å². The van der Waals surface area contributed by atoms with Gasteiger partial charge in [0.2, 0.25) is 11.9 Å². The van der Waals surface area contributed by atoms with Crippen molar-refractivity contribution in [2.24, 2.45) is 0 Å². The zero-order chi connectivity index (χ0) is 21.4. The third kappa shape index (κ3) is 3.79. The van der Waals surface area contributed by atoms with Crippen molar-refractivity contribution >= 4 is 23.8 Å². The van der Waals surface area contributed by atoms with E-state index in [0.717, 1.165) is 43.9 Å². The van der Waals surface area contributed by atoms with Gasteiger partial charge in [-0.25, -0.2) is 29.8 Å². The summed E-state index contributed by atoms with van der Waals surface area (Å²) in [4.78, 5) is 53.1. The molecule has 0 aliphatic carbocycles. The number of carbonyl (C=O) groups excluding carboxylic acids is 3. The molecule has 0 atom stereocenters. The fourth-order valence-electron chi connectivity index (χ4n) is 4.20. The number of aromatic nitrogens is 3. The third-order valence-electron chi connectivity index (χ3n) is 5.82. The smallest absolute Gasteiger partial charge is 0.338 e. The number of nitrogens with one attached hydrogen (secondary N) is 1. The van der Waals surface area contributed by atoms with Crippen LogP contribution < -0.4 is 10.2 Å². The Morgan fingerprint density at radius 3 is 2.45 bits per heavy atom. The molecule has 31 heavy (non-hydrogen) atoms. The highest BCUT2D eigenvalue weighted by Gasteiger charge is 2.36. The molecule has 0 radical (unpaired) electrons. The van der Waals surface area contributed by atoms with Crippen LogP contribution in [0.2, 0.25) is 0 Å². The lowest BCUT2D eigenvalue weighted by Gasteiger charge is -2.34. The van der Waals surface area contributed by atoms with E-state index in [2.05, 4.69) is 30.1 Å². The largest absolute Gasteiger partial charge is 0.342 e. The quantitative estimate of drug-likeness (QED) is 0.733. The Balaban J connectivity index is 1.22. The number of piperazine rings is 1. The Morgan fingerprint density at radius 1 is 0.935 bits per heavy atom. The Hall–Kier alpha value is -3.60. The lowest BCUT2D eigenvalue weighted by atomic mass is 10.1. The van der Waals surface area contributed by atoms with Crippen molar-refractivity contribution in [3.8, 4) is 0 Å². The van der Waals surface area contributed by atoms with Gasteiger partial charge in [-0.2, -0.15) is 0 Å². The third-order valence-corrected chi connectivity index (χ3v) is 5.82. The second-order valence-electron chi connectivity index (χ2n) is 7.78. The molecule has 5 rings (SSSR count). The number of hydrogen-bond donors (Lipinski definition) is 1. The second kappa shape index (κ2) is 7.91. The molecule has 1 aromatic carbocycles. The summed E-state index contributed by atoms with van der Waals surface area (Å²) in [6, 6.07) is 5.30. The number of hydrazine groups is 1. The number of benzene rings is 1. The standard InChI is InChI=1S/C20H22N8O3/c29-17-3-4-27(20(31)24-17)28-11-15-9-14(1-2-16(15)18(28)30)10-25-5-7-26(8-6-25)19-22-12-21-13-23-19/h1-2,9,12-13H,3-8,10-11H2,(H,24,29,31). The average Bonchev–Trinajstić information content (AvgIpc) is 3.10. The highest BCUT2D eigenvalue weighted by molar-refractivity contribution is 6.01. The number of imide groups is 1. The molecule has 0 saturated carbocycles. The molecule has 11 heteroatoms. The van der Waals surface area contributed by atoms with E-state index in [-0.39, 0.29) is 24.8 Å². The molecule has 2 aromatic rings. The molecule has 160 valence electrons. The number of amides is 4. The van der Waals surface area contributed by atoms with Crippen molar-refractivity contribution in [3.05, 3.63) is 47.5 Å². The first kappa shape index (κ1) is 19.4. The summed E-state index contributed by atoms with van der Waals surface area (Å²) in [5.74, 6) is 0.175. The number of nitrogens with zero attached hydrogens (tertiary/aromatic N) is 7. The van der Waals surface area contributed by atoms with Gasteiger partial charge in [-0.15, -0.1) is 0 Å². The van der Waals surface area contributed by atoms with Gasteiger partial charge in [-0.05, 0) is 17.2 Å². The number of urea groups is 1. The number of rotatable bonds is 4. The van der Waals surface area contributed by atoms with Crippen LogP contribution in [0.3, 0.4) is 0 Å². The van der Waals surface area contributed by atoms with Crippen LogP contribution in [0.4, 0.5) is 10.7 Å². The fraction of sp³-hybridized carbons (Fsp3) is 0.400. The molecular formula is C20H22N8O3. The van der Waals surface area contributed by atoms with Crippen LogP contribution in [0.15, 0.2) is 30.9 Å². The maximum atomic E-state index is 12.8. The average molecular weight is 422 g/mol. The van der Waals surface area contributed by atoms with Crippen LogP contribution in [0.1, 0.15) is 27.9 Å². The summed E-state index contributed by atoms with van der Waals surface area (Å²) in [5.41, 5.74) is 2.63. The summed E-state index contributed by atoms with van der Waals surface area (Å²) in [6.45, 7) is 4.77. The molecule has 0 spiro atoms. The minimum Gasteiger partial charge on any atom is -0.338 e. The van der Waals surface area contributed by atoms with Gasteiger partial charge in [-0.1, -0.05) is 12.1 Å². The number of hydrogen-bond acceptors (Lipinski definition) is 8. The molecule has 2 fully saturated rings. The van der Waals surface area contributed by atoms with Gasteiger partial charge >= 0.3 is 6.03 Å². The van der Waals surface area contributed by atoms with E-state index in [0.29, 0.717) is 18.1 Å². The van der Waals surface area contributed by atoms with Gasteiger partial charge in [0.15, 0.2) is 0 Å². The maximum absolute atomic E-state index is 12.8. The van der Waals surface area contributed by atoms with Crippen molar-refractivity contribution in [1.29, 1.82) is 0 Å². The van der Waals surface area contributed by atoms with Gasteiger partial charge in [0.1, 0.15) is 12.7 Å². The van der Waals surface area contributed by atoms with Crippen molar-refractivity contribution in [3.63, 3.8) is 0 Å². The van der Waals surface area contributed by atoms with E-state index >= 15 is 0 Å². The molecule has 3 aliphatic heterocycles. The topological polar surface area (TPSA) is 115 Å². The molecule has 0 unspecified atom stereocenters. The minimum absolute atomic E-state index is 0.188. The number of fused-ring (bicyclic) bond motifs is 1. The Labute approximate surface area is 178 Å². The Morgan fingerprint density at radius 2 is 1.71 bits per heavy atom. The van der Waals surface area contributed by atoms with E-state index < -0.39 is 6.03 Å². The Bertz CT molecular complexity index is 1020. The molecule has 4 heterocycles. The van der Waals surface area contributed by atoms with Gasteiger partial charge in [0, 0.05) is 44.7 Å². The summed E-state index contributed by atoms with van der Waals surface area (Å²) in [6.07, 6.45) is 3.21. The lowest BCUT2D eigenvalue weighted by Crippen LogP contribution is -2.56. The minimum atomic E-state index is -0.548. The molecule has 11 nitrogen and oxygen atoms in total. The first-order valence-corrected chi connectivity index (χ1v) is 10.2. The van der Waals surface area contributed by atoms with Crippen molar-refractivity contribution in [2.75, 3.05) is 37.6 Å². The number of anilines is 1. The van der Waals surface area contributed by atoms with Crippen LogP contribution in [0, 0.1) is 0 Å². The molecule has 2 saturated heterocycles. The molecule has 3 aliphatic rings. The first-order valence-electron chi connectivity index (χ1n) is 10.2. The van der Waals surface area contributed by atoms with E-state index in [4.69, 9.17) is 0 Å². The molecular weight excluding hydrogens is 400 g/mol. The fourth-order valence-corrected chi connectivity index (χ4v) is 4.20. The van der Waals surface area contributed by atoms with E-state index in [1.807, 2.05) is 18.2 Å². The van der Waals surface area contributed by atoms with E-state index in [1.54, 1.807) is 0 Å². The maximum Gasteiger partial charge on any atom is 0.342 e. The monoisotopic (exact) mass is 422 g/mol. The summed E-state index contributed by atoms with van der Waals surface area (Å²) in [7, 11) is 0. The van der Waals surface area contributed by atoms with Crippen LogP contribution in [0.25, 0.3) is 0 Å². The van der Waals surface area contributed by atoms with E-state index in [9.17, 15) is 14.4 Å². The zero-order valence-electron chi connectivity index (χ0n) is 16.9. The van der Waals surface area contributed by atoms with Crippen molar-refractivity contribution in [1.82, 2.24) is 35.2 Å². The van der Waals surface area contributed by atoms with Crippen LogP contribution in [0.5, 0.6) is 0 Å². The highest BCUT2D eigenvalue weighted by atomic mass is 16.2. The van der Waals surface area contributed by atoms with Crippen molar-refractivity contribution < 1.29 is 14.4 Å². The summed E-state index contributed by atoms with van der Waals surface area (Å²) in [5, 5.41) is 5.01. The van der Waals surface area contributed by atoms with Gasteiger partial charge in [0.25, 0.3) is 5.91 Å². The summed E-state index contributed by atoms with van der Waals surface area (Å²) >= 11 is 0. The Kier molecular flexibility index (Phi) is 4.94.